The van der Waals surface area contributed by atoms with Crippen molar-refractivity contribution in [2.75, 3.05) is 14.7 Å². The first kappa shape index (κ1) is 35.0. The first-order valence-electron chi connectivity index (χ1n) is 20.6. The molecule has 0 unspecified atom stereocenters. The first-order valence-corrected chi connectivity index (χ1v) is 20.6. The van der Waals surface area contributed by atoms with Crippen LogP contribution in [0.5, 0.6) is 0 Å². The van der Waals surface area contributed by atoms with E-state index in [0.29, 0.717) is 17.6 Å². The summed E-state index contributed by atoms with van der Waals surface area (Å²) in [7, 11) is 0. The molecule has 0 radical (unpaired) electrons. The fourth-order valence-electron chi connectivity index (χ4n) is 9.35. The maximum absolute atomic E-state index is 6.54. The molecule has 7 heteroatoms. The molecule has 2 aromatic heterocycles. The summed E-state index contributed by atoms with van der Waals surface area (Å²) in [5, 5.41) is 2.08. The smallest absolute Gasteiger partial charge is 0.238 e. The van der Waals surface area contributed by atoms with E-state index in [2.05, 4.69) is 168 Å². The van der Waals surface area contributed by atoms with Crippen molar-refractivity contribution in [1.29, 1.82) is 0 Å². The lowest BCUT2D eigenvalue weighted by Gasteiger charge is -2.43. The summed E-state index contributed by atoms with van der Waals surface area (Å²) >= 11 is 0. The van der Waals surface area contributed by atoms with Gasteiger partial charge in [0.15, 0.2) is 11.6 Å². The Labute approximate surface area is 353 Å². The molecule has 0 saturated heterocycles. The van der Waals surface area contributed by atoms with Gasteiger partial charge in [0.05, 0.1) is 39.7 Å². The molecule has 0 fully saturated rings. The summed E-state index contributed by atoms with van der Waals surface area (Å²) in [5.41, 5.74) is 13.9. The van der Waals surface area contributed by atoms with Crippen molar-refractivity contribution < 1.29 is 4.42 Å². The fourth-order valence-corrected chi connectivity index (χ4v) is 9.35. The topological polar surface area (TPSA) is 61.5 Å². The van der Waals surface area contributed by atoms with Gasteiger partial charge in [-0.15, -0.1) is 0 Å². The van der Waals surface area contributed by atoms with Crippen LogP contribution in [0.2, 0.25) is 0 Å². The molecule has 12 rings (SSSR count). The summed E-state index contributed by atoms with van der Waals surface area (Å²) in [6.07, 6.45) is 0. The second-order valence-corrected chi connectivity index (χ2v) is 16.1. The van der Waals surface area contributed by atoms with E-state index in [-0.39, 0.29) is 5.41 Å². The molecule has 2 aliphatic rings. The van der Waals surface area contributed by atoms with Crippen LogP contribution in [-0.2, 0) is 5.41 Å². The summed E-state index contributed by atoms with van der Waals surface area (Å²) in [6.45, 7) is 4.63. The number of para-hydroxylation sites is 8. The number of benzene rings is 8. The van der Waals surface area contributed by atoms with Gasteiger partial charge in [0.2, 0.25) is 5.95 Å². The summed E-state index contributed by atoms with van der Waals surface area (Å²) in [6, 6.07) is 67.9. The van der Waals surface area contributed by atoms with Crippen LogP contribution in [-0.4, -0.2) is 15.0 Å². The normalized spacial score (nSPS) is 13.8. The lowest BCUT2D eigenvalue weighted by molar-refractivity contribution is 0.630. The molecule has 8 aromatic carbocycles. The highest BCUT2D eigenvalue weighted by Crippen LogP contribution is 2.57. The second-order valence-electron chi connectivity index (χ2n) is 16.1. The third kappa shape index (κ3) is 5.40. The Kier molecular flexibility index (Phi) is 7.74. The van der Waals surface area contributed by atoms with Gasteiger partial charge in [-0.2, -0.15) is 9.97 Å². The maximum atomic E-state index is 6.54. The Morgan fingerprint density at radius 2 is 0.967 bits per heavy atom. The van der Waals surface area contributed by atoms with Gasteiger partial charge in [-0.3, -0.25) is 4.90 Å². The highest BCUT2D eigenvalue weighted by atomic mass is 16.3. The van der Waals surface area contributed by atoms with E-state index in [1.165, 1.54) is 5.56 Å². The molecular weight excluding hydrogens is 749 g/mol. The zero-order valence-corrected chi connectivity index (χ0v) is 33.6. The van der Waals surface area contributed by atoms with Crippen LogP contribution < -0.4 is 14.7 Å². The van der Waals surface area contributed by atoms with Crippen molar-refractivity contribution in [2.45, 2.75) is 19.3 Å². The van der Waals surface area contributed by atoms with Crippen LogP contribution >= 0.6 is 0 Å². The highest BCUT2D eigenvalue weighted by Gasteiger charge is 2.39. The van der Waals surface area contributed by atoms with E-state index >= 15 is 0 Å². The maximum Gasteiger partial charge on any atom is 0.238 e. The molecule has 7 nitrogen and oxygen atoms in total. The van der Waals surface area contributed by atoms with Crippen LogP contribution in [0.15, 0.2) is 199 Å². The largest absolute Gasteiger partial charge is 0.455 e. The summed E-state index contributed by atoms with van der Waals surface area (Å²) < 4.78 is 6.54. The lowest BCUT2D eigenvalue weighted by atomic mass is 9.73. The van der Waals surface area contributed by atoms with E-state index in [1.807, 2.05) is 54.6 Å². The molecule has 0 spiro atoms. The van der Waals surface area contributed by atoms with Crippen LogP contribution in [0.4, 0.5) is 51.4 Å². The molecule has 10 aromatic rings. The molecule has 2 aliphatic heterocycles. The van der Waals surface area contributed by atoms with Crippen molar-refractivity contribution in [2.24, 2.45) is 0 Å². The van der Waals surface area contributed by atoms with E-state index in [1.54, 1.807) is 0 Å². The number of aromatic nitrogens is 3. The Hall–Kier alpha value is -8.03. The van der Waals surface area contributed by atoms with Crippen molar-refractivity contribution in [3.63, 3.8) is 0 Å². The number of nitrogens with zero attached hydrogens (tertiary/aromatic N) is 6. The number of hydrogen-bond donors (Lipinski definition) is 0. The molecule has 0 amide bonds. The van der Waals surface area contributed by atoms with Gasteiger partial charge in [-0.1, -0.05) is 135 Å². The van der Waals surface area contributed by atoms with Gasteiger partial charge in [-0.05, 0) is 83.9 Å². The lowest BCUT2D eigenvalue weighted by Crippen LogP contribution is -2.32. The van der Waals surface area contributed by atoms with Gasteiger partial charge >= 0.3 is 0 Å². The summed E-state index contributed by atoms with van der Waals surface area (Å²) in [5.74, 6) is 1.65. The fraction of sp³-hybridized carbons (Fsp3) is 0.0556. The van der Waals surface area contributed by atoms with E-state index < -0.39 is 0 Å². The zero-order valence-electron chi connectivity index (χ0n) is 33.6. The molecular formula is C54H38N6O. The molecule has 61 heavy (non-hydrogen) atoms. The van der Waals surface area contributed by atoms with Crippen molar-refractivity contribution in [1.82, 2.24) is 15.0 Å². The highest BCUT2D eigenvalue weighted by molar-refractivity contribution is 6.09. The Balaban J connectivity index is 1.07. The van der Waals surface area contributed by atoms with Gasteiger partial charge in [-0.25, -0.2) is 4.98 Å². The number of anilines is 9. The third-order valence-electron chi connectivity index (χ3n) is 12.2. The molecule has 0 atom stereocenters. The molecule has 0 saturated carbocycles. The van der Waals surface area contributed by atoms with Crippen molar-refractivity contribution in [3.8, 4) is 22.8 Å². The first-order chi connectivity index (χ1) is 30.0. The third-order valence-corrected chi connectivity index (χ3v) is 12.2. The van der Waals surface area contributed by atoms with Crippen LogP contribution in [0, 0.1) is 0 Å². The number of rotatable bonds is 5. The quantitative estimate of drug-likeness (QED) is 0.172. The summed E-state index contributed by atoms with van der Waals surface area (Å²) in [4.78, 5) is 22.8. The van der Waals surface area contributed by atoms with Gasteiger partial charge < -0.3 is 14.2 Å². The average Bonchev–Trinajstić information content (AvgIpc) is 3.70. The van der Waals surface area contributed by atoms with Crippen molar-refractivity contribution >= 4 is 73.4 Å². The van der Waals surface area contributed by atoms with Crippen molar-refractivity contribution in [3.05, 3.63) is 205 Å². The van der Waals surface area contributed by atoms with Gasteiger partial charge in [0.25, 0.3) is 0 Å². The molecule has 290 valence electrons. The average molecular weight is 787 g/mol. The standard InChI is InChI=1S/C54H38N6O/c1-54(2)41-25-10-11-26-43(41)60(53-56-51(35-18-5-3-6-19-35)55-52(57-53)40-24-17-23-39-38-22-9-16-31-49(38)61-50(39)40)44-33-32-37(34-42(44)54)59-47-29-14-12-27-45(47)58(36-20-7-4-8-21-36)46-28-13-15-30-48(46)59/h3-34H,1-2H3. The van der Waals surface area contributed by atoms with E-state index in [4.69, 9.17) is 19.4 Å². The Bertz CT molecular complexity index is 3280. The minimum atomic E-state index is -0.374. The number of furan rings is 1. The second kappa shape index (κ2) is 13.5. The minimum absolute atomic E-state index is 0.374. The van der Waals surface area contributed by atoms with Crippen LogP contribution in [0.1, 0.15) is 25.0 Å². The number of fused-ring (bicyclic) bond motifs is 7. The molecule has 0 N–H and O–H groups in total. The molecule has 0 bridgehead atoms. The minimum Gasteiger partial charge on any atom is -0.455 e. The Morgan fingerprint density at radius 3 is 1.69 bits per heavy atom. The van der Waals surface area contributed by atoms with Gasteiger partial charge in [0.1, 0.15) is 11.2 Å². The number of hydrogen-bond acceptors (Lipinski definition) is 7. The van der Waals surface area contributed by atoms with E-state index in [9.17, 15) is 0 Å². The predicted molar refractivity (Wildman–Crippen MR) is 248 cm³/mol. The molecule has 0 aliphatic carbocycles. The molecule has 4 heterocycles. The monoisotopic (exact) mass is 786 g/mol. The predicted octanol–water partition coefficient (Wildman–Crippen LogP) is 14.5. The van der Waals surface area contributed by atoms with Crippen LogP contribution in [0.3, 0.4) is 0 Å². The SMILES string of the molecule is CC1(C)c2ccccc2N(c2nc(-c3ccccc3)nc(-c3cccc4c3oc3ccccc34)n2)c2ccc(N3c4ccccc4N(c4ccccc4)c4ccccc43)cc21. The Morgan fingerprint density at radius 1 is 0.410 bits per heavy atom. The van der Waals surface area contributed by atoms with E-state index in [0.717, 1.165) is 84.1 Å². The zero-order chi connectivity index (χ0) is 40.7. The van der Waals surface area contributed by atoms with Crippen LogP contribution in [0.25, 0.3) is 44.7 Å². The van der Waals surface area contributed by atoms with Gasteiger partial charge in [0, 0.05) is 33.1 Å².